The molecule has 0 amide bonds. The zero-order valence-corrected chi connectivity index (χ0v) is 10.1. The standard InChI is InChI=1S/C11H8ClN3O3/c1-7-6-13-11(12)14-10(7)18-9-5-3-2-4-8(9)15(16)17/h2-6H,1H3. The summed E-state index contributed by atoms with van der Waals surface area (Å²) in [6.45, 7) is 1.72. The van der Waals surface area contributed by atoms with Gasteiger partial charge in [-0.25, -0.2) is 4.98 Å². The Morgan fingerprint density at radius 2 is 2.11 bits per heavy atom. The second kappa shape index (κ2) is 4.97. The van der Waals surface area contributed by atoms with Gasteiger partial charge in [0.15, 0.2) is 0 Å². The smallest absolute Gasteiger partial charge is 0.311 e. The van der Waals surface area contributed by atoms with Crippen molar-refractivity contribution in [3.8, 4) is 11.6 Å². The first kappa shape index (κ1) is 12.3. The van der Waals surface area contributed by atoms with Crippen molar-refractivity contribution in [2.24, 2.45) is 0 Å². The number of nitrogens with zero attached hydrogens (tertiary/aromatic N) is 3. The molecule has 1 heterocycles. The fraction of sp³-hybridized carbons (Fsp3) is 0.0909. The van der Waals surface area contributed by atoms with E-state index in [0.29, 0.717) is 5.56 Å². The molecule has 0 saturated carbocycles. The highest BCUT2D eigenvalue weighted by atomic mass is 35.5. The van der Waals surface area contributed by atoms with Gasteiger partial charge >= 0.3 is 5.69 Å². The maximum atomic E-state index is 10.8. The molecule has 0 bridgehead atoms. The summed E-state index contributed by atoms with van der Waals surface area (Å²) in [7, 11) is 0. The Hall–Kier alpha value is -2.21. The van der Waals surface area contributed by atoms with Gasteiger partial charge in [-0.2, -0.15) is 4.98 Å². The van der Waals surface area contributed by atoms with Crippen LogP contribution in [0.15, 0.2) is 30.5 Å². The van der Waals surface area contributed by atoms with Crippen LogP contribution in [0.5, 0.6) is 11.6 Å². The van der Waals surface area contributed by atoms with Crippen LogP contribution in [0.3, 0.4) is 0 Å². The van der Waals surface area contributed by atoms with Crippen LogP contribution in [0.4, 0.5) is 5.69 Å². The van der Waals surface area contributed by atoms with E-state index in [4.69, 9.17) is 16.3 Å². The average molecular weight is 266 g/mol. The van der Waals surface area contributed by atoms with Gasteiger partial charge < -0.3 is 4.74 Å². The van der Waals surface area contributed by atoms with E-state index in [9.17, 15) is 10.1 Å². The number of aromatic nitrogens is 2. The van der Waals surface area contributed by atoms with Crippen molar-refractivity contribution < 1.29 is 9.66 Å². The van der Waals surface area contributed by atoms with Crippen LogP contribution in [-0.2, 0) is 0 Å². The SMILES string of the molecule is Cc1cnc(Cl)nc1Oc1ccccc1[N+](=O)[O-]. The maximum absolute atomic E-state index is 10.8. The Labute approximate surface area is 107 Å². The number of ether oxygens (including phenoxy) is 1. The molecule has 0 saturated heterocycles. The van der Waals surface area contributed by atoms with Crippen molar-refractivity contribution in [1.29, 1.82) is 0 Å². The van der Waals surface area contributed by atoms with Crippen molar-refractivity contribution in [1.82, 2.24) is 9.97 Å². The molecule has 0 unspecified atom stereocenters. The van der Waals surface area contributed by atoms with E-state index in [-0.39, 0.29) is 22.6 Å². The highest BCUT2D eigenvalue weighted by molar-refractivity contribution is 6.28. The second-order valence-electron chi connectivity index (χ2n) is 3.45. The fourth-order valence-corrected chi connectivity index (χ4v) is 1.43. The molecule has 1 aromatic heterocycles. The summed E-state index contributed by atoms with van der Waals surface area (Å²) < 4.78 is 5.41. The van der Waals surface area contributed by atoms with Crippen LogP contribution in [0.25, 0.3) is 0 Å². The van der Waals surface area contributed by atoms with E-state index in [1.54, 1.807) is 19.1 Å². The van der Waals surface area contributed by atoms with E-state index in [2.05, 4.69) is 9.97 Å². The third-order valence-electron chi connectivity index (χ3n) is 2.16. The zero-order valence-electron chi connectivity index (χ0n) is 9.33. The Morgan fingerprint density at radius 1 is 1.39 bits per heavy atom. The van der Waals surface area contributed by atoms with E-state index < -0.39 is 4.92 Å². The van der Waals surface area contributed by atoms with Crippen LogP contribution < -0.4 is 4.74 Å². The minimum absolute atomic E-state index is 0.0224. The Morgan fingerprint density at radius 3 is 2.83 bits per heavy atom. The molecule has 0 spiro atoms. The lowest BCUT2D eigenvalue weighted by atomic mass is 10.3. The molecule has 18 heavy (non-hydrogen) atoms. The van der Waals surface area contributed by atoms with Gasteiger partial charge in [-0.3, -0.25) is 10.1 Å². The molecule has 0 aliphatic heterocycles. The molecule has 0 radical (unpaired) electrons. The van der Waals surface area contributed by atoms with Gasteiger partial charge in [-0.15, -0.1) is 0 Å². The molecule has 92 valence electrons. The molecule has 0 fully saturated rings. The van der Waals surface area contributed by atoms with E-state index >= 15 is 0 Å². The summed E-state index contributed by atoms with van der Waals surface area (Å²) in [6, 6.07) is 6.05. The first-order valence-corrected chi connectivity index (χ1v) is 5.36. The van der Waals surface area contributed by atoms with Gasteiger partial charge in [-0.05, 0) is 24.6 Å². The lowest BCUT2D eigenvalue weighted by molar-refractivity contribution is -0.385. The highest BCUT2D eigenvalue weighted by Crippen LogP contribution is 2.31. The number of rotatable bonds is 3. The molecule has 0 aliphatic carbocycles. The largest absolute Gasteiger partial charge is 0.431 e. The number of hydrogen-bond donors (Lipinski definition) is 0. The zero-order chi connectivity index (χ0) is 13.1. The van der Waals surface area contributed by atoms with Gasteiger partial charge in [-0.1, -0.05) is 12.1 Å². The number of benzene rings is 1. The molecule has 2 rings (SSSR count). The molecule has 0 atom stereocenters. The Bertz CT molecular complexity index is 604. The molecule has 6 nitrogen and oxygen atoms in total. The van der Waals surface area contributed by atoms with Crippen LogP contribution in [0.1, 0.15) is 5.56 Å². The van der Waals surface area contributed by atoms with Gasteiger partial charge in [0.25, 0.3) is 0 Å². The minimum atomic E-state index is -0.520. The van der Waals surface area contributed by atoms with Gasteiger partial charge in [0.05, 0.1) is 4.92 Å². The van der Waals surface area contributed by atoms with Gasteiger partial charge in [0.1, 0.15) is 0 Å². The van der Waals surface area contributed by atoms with Crippen LogP contribution in [0, 0.1) is 17.0 Å². The predicted octanol–water partition coefficient (Wildman–Crippen LogP) is 3.14. The van der Waals surface area contributed by atoms with Crippen LogP contribution >= 0.6 is 11.6 Å². The van der Waals surface area contributed by atoms with Gasteiger partial charge in [0, 0.05) is 17.8 Å². The van der Waals surface area contributed by atoms with Crippen molar-refractivity contribution in [2.75, 3.05) is 0 Å². The number of para-hydroxylation sites is 2. The van der Waals surface area contributed by atoms with Crippen LogP contribution in [-0.4, -0.2) is 14.9 Å². The molecule has 2 aromatic rings. The van der Waals surface area contributed by atoms with Crippen molar-refractivity contribution in [3.63, 3.8) is 0 Å². The second-order valence-corrected chi connectivity index (χ2v) is 3.79. The van der Waals surface area contributed by atoms with E-state index in [1.807, 2.05) is 0 Å². The normalized spacial score (nSPS) is 10.1. The third kappa shape index (κ3) is 2.54. The third-order valence-corrected chi connectivity index (χ3v) is 2.35. The molecule has 1 aromatic carbocycles. The number of halogens is 1. The summed E-state index contributed by atoms with van der Waals surface area (Å²) in [5, 5.41) is 10.9. The van der Waals surface area contributed by atoms with Crippen LogP contribution in [0.2, 0.25) is 5.28 Å². The summed E-state index contributed by atoms with van der Waals surface area (Å²) in [5.74, 6) is 0.310. The summed E-state index contributed by atoms with van der Waals surface area (Å²) in [4.78, 5) is 18.0. The predicted molar refractivity (Wildman–Crippen MR) is 64.9 cm³/mol. The molecule has 7 heteroatoms. The molecular formula is C11H8ClN3O3. The minimum Gasteiger partial charge on any atom is -0.431 e. The highest BCUT2D eigenvalue weighted by Gasteiger charge is 2.16. The fourth-order valence-electron chi connectivity index (χ4n) is 1.31. The number of hydrogen-bond acceptors (Lipinski definition) is 5. The Kier molecular flexibility index (Phi) is 3.38. The molecular weight excluding hydrogens is 258 g/mol. The van der Waals surface area contributed by atoms with Crippen molar-refractivity contribution in [2.45, 2.75) is 6.92 Å². The van der Waals surface area contributed by atoms with Gasteiger partial charge in [0.2, 0.25) is 16.9 Å². The lowest BCUT2D eigenvalue weighted by Gasteiger charge is -2.07. The number of nitro benzene ring substituents is 1. The quantitative estimate of drug-likeness (QED) is 0.484. The van der Waals surface area contributed by atoms with Crippen molar-refractivity contribution in [3.05, 3.63) is 51.4 Å². The van der Waals surface area contributed by atoms with Crippen molar-refractivity contribution >= 4 is 17.3 Å². The number of aryl methyl sites for hydroxylation is 1. The first-order chi connectivity index (χ1) is 8.58. The van der Waals surface area contributed by atoms with E-state index in [1.165, 1.54) is 18.3 Å². The summed E-state index contributed by atoms with van der Waals surface area (Å²) in [6.07, 6.45) is 1.49. The summed E-state index contributed by atoms with van der Waals surface area (Å²) >= 11 is 5.65. The molecule has 0 aliphatic rings. The summed E-state index contributed by atoms with van der Waals surface area (Å²) in [5.41, 5.74) is 0.504. The lowest BCUT2D eigenvalue weighted by Crippen LogP contribution is -1.97. The topological polar surface area (TPSA) is 78.2 Å². The average Bonchev–Trinajstić information content (AvgIpc) is 2.34. The molecule has 0 N–H and O–H groups in total. The number of nitro groups is 1. The maximum Gasteiger partial charge on any atom is 0.311 e. The first-order valence-electron chi connectivity index (χ1n) is 4.98. The Balaban J connectivity index is 2.40. The monoisotopic (exact) mass is 265 g/mol. The van der Waals surface area contributed by atoms with E-state index in [0.717, 1.165) is 0 Å².